The van der Waals surface area contributed by atoms with Crippen LogP contribution in [-0.4, -0.2) is 48.8 Å². The van der Waals surface area contributed by atoms with Crippen LogP contribution in [0.25, 0.3) is 0 Å². The first-order chi connectivity index (χ1) is 14.5. The molecule has 4 rings (SSSR count). The van der Waals surface area contributed by atoms with Gasteiger partial charge in [0.05, 0.1) is 36.3 Å². The van der Waals surface area contributed by atoms with Crippen molar-refractivity contribution in [3.05, 3.63) is 22.4 Å². The van der Waals surface area contributed by atoms with Gasteiger partial charge in [0.15, 0.2) is 0 Å². The number of rotatable bonds is 7. The molecule has 0 spiro atoms. The van der Waals surface area contributed by atoms with Crippen LogP contribution in [0.3, 0.4) is 0 Å². The average Bonchev–Trinajstić information content (AvgIpc) is 3.36. The van der Waals surface area contributed by atoms with Gasteiger partial charge in [0.2, 0.25) is 17.7 Å². The van der Waals surface area contributed by atoms with Gasteiger partial charge in [0.1, 0.15) is 6.04 Å². The van der Waals surface area contributed by atoms with E-state index in [1.165, 1.54) is 22.6 Å². The van der Waals surface area contributed by atoms with Crippen LogP contribution < -0.4 is 10.2 Å². The van der Waals surface area contributed by atoms with E-state index >= 15 is 0 Å². The number of thiophene rings is 1. The van der Waals surface area contributed by atoms with Crippen LogP contribution in [0.15, 0.2) is 17.5 Å². The van der Waals surface area contributed by atoms with Crippen molar-refractivity contribution in [1.29, 1.82) is 0 Å². The van der Waals surface area contributed by atoms with Crippen molar-refractivity contribution in [2.75, 3.05) is 26.2 Å². The van der Waals surface area contributed by atoms with Crippen LogP contribution >= 0.6 is 11.3 Å². The number of nitrogens with one attached hydrogen (secondary N) is 2. The van der Waals surface area contributed by atoms with Crippen molar-refractivity contribution < 1.29 is 19.3 Å². The van der Waals surface area contributed by atoms with E-state index in [0.717, 1.165) is 44.7 Å². The Balaban J connectivity index is 1.30. The van der Waals surface area contributed by atoms with Gasteiger partial charge in [-0.25, -0.2) is 0 Å². The number of piperidine rings is 1. The number of nitrogens with zero attached hydrogens (tertiary/aromatic N) is 1. The molecule has 164 valence electrons. The van der Waals surface area contributed by atoms with Gasteiger partial charge in [-0.1, -0.05) is 25.8 Å². The molecule has 7 heteroatoms. The summed E-state index contributed by atoms with van der Waals surface area (Å²) in [6.45, 7) is 5.42. The van der Waals surface area contributed by atoms with Crippen LogP contribution in [0, 0.1) is 17.8 Å². The second kappa shape index (κ2) is 9.60. The van der Waals surface area contributed by atoms with Gasteiger partial charge < -0.3 is 10.2 Å². The SMILES string of the molecule is CC1CC[NH+]([C@H](CNC(=O)CCN2C(=O)[C@H]3CCCC[C@H]3C2=O)c2cccs2)CC1. The Kier molecular flexibility index (Phi) is 6.88. The number of hydrogen-bond donors (Lipinski definition) is 2. The third-order valence-corrected chi connectivity index (χ3v) is 8.28. The van der Waals surface area contributed by atoms with E-state index in [9.17, 15) is 14.4 Å². The molecule has 2 saturated heterocycles. The summed E-state index contributed by atoms with van der Waals surface area (Å²) in [5, 5.41) is 5.19. The zero-order chi connectivity index (χ0) is 21.1. The summed E-state index contributed by atoms with van der Waals surface area (Å²) in [5.41, 5.74) is 0. The number of hydrogen-bond acceptors (Lipinski definition) is 4. The maximum absolute atomic E-state index is 12.6. The van der Waals surface area contributed by atoms with Gasteiger partial charge in [-0.2, -0.15) is 0 Å². The Morgan fingerprint density at radius 1 is 1.17 bits per heavy atom. The highest BCUT2D eigenvalue weighted by Gasteiger charge is 2.47. The fourth-order valence-corrected chi connectivity index (χ4v) is 6.27. The molecule has 3 fully saturated rings. The standard InChI is InChI=1S/C23H33N3O3S/c1-16-8-11-25(12-9-16)19(20-7-4-14-30-20)15-24-21(27)10-13-26-22(28)17-5-2-3-6-18(17)23(26)29/h4,7,14,16-19H,2-3,5-6,8-13,15H2,1H3,(H,24,27)/p+1/t17-,18+,19-/m1/s1. The van der Waals surface area contributed by atoms with E-state index < -0.39 is 0 Å². The number of quaternary nitrogens is 1. The molecule has 2 N–H and O–H groups in total. The maximum Gasteiger partial charge on any atom is 0.233 e. The van der Waals surface area contributed by atoms with Gasteiger partial charge in [-0.15, -0.1) is 11.3 Å². The van der Waals surface area contributed by atoms with Crippen molar-refractivity contribution >= 4 is 29.1 Å². The Morgan fingerprint density at radius 3 is 2.43 bits per heavy atom. The topological polar surface area (TPSA) is 70.9 Å². The minimum atomic E-state index is -0.136. The number of imide groups is 1. The average molecular weight is 433 g/mol. The normalized spacial score (nSPS) is 30.2. The molecule has 3 heterocycles. The Hall–Kier alpha value is -1.73. The first-order valence-electron chi connectivity index (χ1n) is 11.5. The zero-order valence-electron chi connectivity index (χ0n) is 17.9. The molecule has 1 saturated carbocycles. The monoisotopic (exact) mass is 432 g/mol. The second-order valence-corrected chi connectivity index (χ2v) is 10.3. The largest absolute Gasteiger partial charge is 0.350 e. The summed E-state index contributed by atoms with van der Waals surface area (Å²) in [7, 11) is 0. The first kappa shape index (κ1) is 21.5. The van der Waals surface area contributed by atoms with Crippen molar-refractivity contribution in [1.82, 2.24) is 10.2 Å². The van der Waals surface area contributed by atoms with Crippen LogP contribution in [0.5, 0.6) is 0 Å². The predicted octanol–water partition coefficient (Wildman–Crippen LogP) is 1.79. The lowest BCUT2D eigenvalue weighted by atomic mass is 9.81. The molecule has 30 heavy (non-hydrogen) atoms. The molecule has 1 aliphatic carbocycles. The van der Waals surface area contributed by atoms with Crippen molar-refractivity contribution in [3.63, 3.8) is 0 Å². The molecular formula is C23H34N3O3S+. The molecule has 0 bridgehead atoms. The third-order valence-electron chi connectivity index (χ3n) is 7.29. The molecule has 0 aromatic carbocycles. The zero-order valence-corrected chi connectivity index (χ0v) is 18.7. The summed E-state index contributed by atoms with van der Waals surface area (Å²) in [4.78, 5) is 42.0. The molecule has 3 aliphatic rings. The number of carbonyl (C=O) groups is 3. The van der Waals surface area contributed by atoms with Crippen LogP contribution in [0.1, 0.15) is 62.8 Å². The fraction of sp³-hybridized carbons (Fsp3) is 0.696. The Labute approximate surface area is 183 Å². The van der Waals surface area contributed by atoms with Crippen molar-refractivity contribution in [2.24, 2.45) is 17.8 Å². The number of carbonyl (C=O) groups excluding carboxylic acids is 3. The molecule has 3 atom stereocenters. The number of amides is 3. The predicted molar refractivity (Wildman–Crippen MR) is 116 cm³/mol. The van der Waals surface area contributed by atoms with Crippen molar-refractivity contribution in [3.8, 4) is 0 Å². The van der Waals surface area contributed by atoms with Crippen molar-refractivity contribution in [2.45, 2.75) is 57.9 Å². The molecule has 0 unspecified atom stereocenters. The molecular weight excluding hydrogens is 398 g/mol. The highest BCUT2D eigenvalue weighted by Crippen LogP contribution is 2.37. The fourth-order valence-electron chi connectivity index (χ4n) is 5.39. The minimum absolute atomic E-state index is 0.0548. The van der Waals surface area contributed by atoms with Gasteiger partial charge >= 0.3 is 0 Å². The van der Waals surface area contributed by atoms with Gasteiger partial charge in [-0.05, 0) is 43.0 Å². The Morgan fingerprint density at radius 2 is 1.83 bits per heavy atom. The highest BCUT2D eigenvalue weighted by atomic mass is 32.1. The smallest absolute Gasteiger partial charge is 0.233 e. The maximum atomic E-state index is 12.6. The summed E-state index contributed by atoms with van der Waals surface area (Å²) < 4.78 is 0. The third kappa shape index (κ3) is 4.62. The van der Waals surface area contributed by atoms with Gasteiger partial charge in [-0.3, -0.25) is 19.3 Å². The van der Waals surface area contributed by atoms with E-state index in [1.54, 1.807) is 16.2 Å². The van der Waals surface area contributed by atoms with E-state index in [0.29, 0.717) is 6.54 Å². The van der Waals surface area contributed by atoms with E-state index in [1.807, 2.05) is 0 Å². The van der Waals surface area contributed by atoms with Gasteiger partial charge in [0.25, 0.3) is 0 Å². The second-order valence-electron chi connectivity index (χ2n) is 9.29. The molecule has 3 amide bonds. The van der Waals surface area contributed by atoms with Crippen LogP contribution in [-0.2, 0) is 14.4 Å². The summed E-state index contributed by atoms with van der Waals surface area (Å²) in [6.07, 6.45) is 6.33. The summed E-state index contributed by atoms with van der Waals surface area (Å²) in [6, 6.07) is 4.51. The highest BCUT2D eigenvalue weighted by molar-refractivity contribution is 7.10. The molecule has 2 aliphatic heterocycles. The first-order valence-corrected chi connectivity index (χ1v) is 12.4. The molecule has 0 radical (unpaired) electrons. The summed E-state index contributed by atoms with van der Waals surface area (Å²) in [5.74, 6) is 0.329. The quantitative estimate of drug-likeness (QED) is 0.646. The van der Waals surface area contributed by atoms with E-state index in [4.69, 9.17) is 0 Å². The lowest BCUT2D eigenvalue weighted by Crippen LogP contribution is -3.14. The van der Waals surface area contributed by atoms with Gasteiger partial charge in [0, 0.05) is 13.0 Å². The molecule has 6 nitrogen and oxygen atoms in total. The van der Waals surface area contributed by atoms with Crippen LogP contribution in [0.2, 0.25) is 0 Å². The minimum Gasteiger partial charge on any atom is -0.350 e. The lowest BCUT2D eigenvalue weighted by molar-refractivity contribution is -0.935. The molecule has 1 aromatic heterocycles. The van der Waals surface area contributed by atoms with E-state index in [-0.39, 0.29) is 48.6 Å². The molecule has 1 aromatic rings. The van der Waals surface area contributed by atoms with E-state index in [2.05, 4.69) is 29.8 Å². The summed E-state index contributed by atoms with van der Waals surface area (Å²) >= 11 is 1.75. The number of likely N-dealkylation sites (tertiary alicyclic amines) is 2. The Bertz CT molecular complexity index is 734. The lowest BCUT2D eigenvalue weighted by Gasteiger charge is -2.33. The van der Waals surface area contributed by atoms with Crippen LogP contribution in [0.4, 0.5) is 0 Å². The number of fused-ring (bicyclic) bond motifs is 1.